The Morgan fingerprint density at radius 3 is 2.00 bits per heavy atom. The van der Waals surface area contributed by atoms with E-state index in [0.717, 1.165) is 19.3 Å². The van der Waals surface area contributed by atoms with Gasteiger partial charge in [-0.1, -0.05) is 12.8 Å². The van der Waals surface area contributed by atoms with Gasteiger partial charge in [-0.25, -0.2) is 0 Å². The van der Waals surface area contributed by atoms with Crippen molar-refractivity contribution in [1.29, 1.82) is 0 Å². The fourth-order valence-electron chi connectivity index (χ4n) is 2.18. The van der Waals surface area contributed by atoms with Gasteiger partial charge in [0.05, 0.1) is 21.1 Å². The molecule has 0 aliphatic heterocycles. The number of quaternary nitrogens is 1. The summed E-state index contributed by atoms with van der Waals surface area (Å²) in [6.07, 6.45) is 3.24. The monoisotopic (exact) mass is 315 g/mol. The SMILES string of the molecule is CC(=O)CCCCCCC(=O)OC(CC(=O)[O-])C[N+](C)(C)C. The number of carbonyl (C=O) groups excluding carboxylic acids is 3. The van der Waals surface area contributed by atoms with Crippen molar-refractivity contribution in [2.24, 2.45) is 0 Å². The van der Waals surface area contributed by atoms with E-state index in [2.05, 4.69) is 0 Å². The summed E-state index contributed by atoms with van der Waals surface area (Å²) in [7, 11) is 5.72. The Balaban J connectivity index is 4.01. The first-order chi connectivity index (χ1) is 10.1. The average Bonchev–Trinajstić information content (AvgIpc) is 2.29. The largest absolute Gasteiger partial charge is 0.550 e. The molecule has 22 heavy (non-hydrogen) atoms. The van der Waals surface area contributed by atoms with Gasteiger partial charge in [0.25, 0.3) is 0 Å². The number of Topliss-reactive ketones (excluding diaryl/α,β-unsaturated/α-hetero) is 1. The van der Waals surface area contributed by atoms with E-state index in [1.54, 1.807) is 6.92 Å². The predicted molar refractivity (Wildman–Crippen MR) is 80.8 cm³/mol. The second-order valence-electron chi connectivity index (χ2n) is 6.78. The molecule has 0 aromatic rings. The summed E-state index contributed by atoms with van der Waals surface area (Å²) in [5.41, 5.74) is 0. The van der Waals surface area contributed by atoms with Crippen molar-refractivity contribution in [3.63, 3.8) is 0 Å². The number of unbranched alkanes of at least 4 members (excludes halogenated alkanes) is 3. The van der Waals surface area contributed by atoms with E-state index >= 15 is 0 Å². The number of nitrogens with zero attached hydrogens (tertiary/aromatic N) is 1. The van der Waals surface area contributed by atoms with Gasteiger partial charge >= 0.3 is 5.97 Å². The summed E-state index contributed by atoms with van der Waals surface area (Å²) in [4.78, 5) is 33.3. The molecule has 1 unspecified atom stereocenters. The molecule has 0 saturated heterocycles. The van der Waals surface area contributed by atoms with Crippen LogP contribution in [0.5, 0.6) is 0 Å². The van der Waals surface area contributed by atoms with Gasteiger partial charge in [-0.2, -0.15) is 0 Å². The van der Waals surface area contributed by atoms with Gasteiger partial charge in [0.1, 0.15) is 12.3 Å². The number of ketones is 1. The third-order valence-corrected chi connectivity index (χ3v) is 3.10. The Bertz CT molecular complexity index is 373. The molecular weight excluding hydrogens is 286 g/mol. The van der Waals surface area contributed by atoms with E-state index in [4.69, 9.17) is 4.74 Å². The minimum atomic E-state index is -1.21. The molecule has 0 rings (SSSR count). The molecule has 0 aromatic heterocycles. The highest BCUT2D eigenvalue weighted by molar-refractivity contribution is 5.75. The normalized spacial score (nSPS) is 12.7. The Labute approximate surface area is 133 Å². The summed E-state index contributed by atoms with van der Waals surface area (Å²) in [6.45, 7) is 2.00. The highest BCUT2D eigenvalue weighted by Crippen LogP contribution is 2.10. The molecule has 6 nitrogen and oxygen atoms in total. The van der Waals surface area contributed by atoms with Gasteiger partial charge in [0.15, 0.2) is 6.10 Å². The Morgan fingerprint density at radius 2 is 1.55 bits per heavy atom. The molecule has 0 saturated carbocycles. The van der Waals surface area contributed by atoms with E-state index in [0.29, 0.717) is 23.9 Å². The van der Waals surface area contributed by atoms with Gasteiger partial charge < -0.3 is 23.9 Å². The van der Waals surface area contributed by atoms with Crippen LogP contribution in [-0.2, 0) is 19.1 Å². The molecule has 0 heterocycles. The van der Waals surface area contributed by atoms with Crippen LogP contribution in [0.4, 0.5) is 0 Å². The molecule has 6 heteroatoms. The zero-order chi connectivity index (χ0) is 17.2. The number of carboxylic acid groups (broad SMARTS) is 1. The van der Waals surface area contributed by atoms with Gasteiger partial charge in [-0.3, -0.25) is 4.79 Å². The lowest BCUT2D eigenvalue weighted by molar-refractivity contribution is -0.873. The molecule has 0 radical (unpaired) electrons. The van der Waals surface area contributed by atoms with E-state index in [-0.39, 0.29) is 24.6 Å². The topological polar surface area (TPSA) is 83.5 Å². The predicted octanol–water partition coefficient (Wildman–Crippen LogP) is 0.674. The maximum absolute atomic E-state index is 11.8. The smallest absolute Gasteiger partial charge is 0.306 e. The van der Waals surface area contributed by atoms with Crippen LogP contribution in [0.15, 0.2) is 0 Å². The van der Waals surface area contributed by atoms with Crippen LogP contribution in [0, 0.1) is 0 Å². The fourth-order valence-corrected chi connectivity index (χ4v) is 2.18. The minimum Gasteiger partial charge on any atom is -0.550 e. The third kappa shape index (κ3) is 13.5. The quantitative estimate of drug-likeness (QED) is 0.300. The van der Waals surface area contributed by atoms with Crippen molar-refractivity contribution in [3.05, 3.63) is 0 Å². The second kappa shape index (κ2) is 10.3. The maximum atomic E-state index is 11.8. The van der Waals surface area contributed by atoms with Crippen molar-refractivity contribution >= 4 is 17.7 Å². The Kier molecular flexibility index (Phi) is 9.65. The number of esters is 1. The van der Waals surface area contributed by atoms with Crippen molar-refractivity contribution in [2.45, 2.75) is 58.0 Å². The summed E-state index contributed by atoms with van der Waals surface area (Å²) in [5.74, 6) is -1.40. The van der Waals surface area contributed by atoms with Gasteiger partial charge in [0, 0.05) is 25.2 Å². The summed E-state index contributed by atoms with van der Waals surface area (Å²) in [5, 5.41) is 10.7. The molecular formula is C16H29NO5. The van der Waals surface area contributed by atoms with Gasteiger partial charge in [-0.15, -0.1) is 0 Å². The molecule has 128 valence electrons. The van der Waals surface area contributed by atoms with Crippen LogP contribution in [0.3, 0.4) is 0 Å². The number of aliphatic carboxylic acids is 1. The number of carbonyl (C=O) groups is 3. The molecule has 1 atom stereocenters. The summed E-state index contributed by atoms with van der Waals surface area (Å²) < 4.78 is 5.76. The van der Waals surface area contributed by atoms with Crippen molar-refractivity contribution < 1.29 is 28.7 Å². The Morgan fingerprint density at radius 1 is 1.00 bits per heavy atom. The van der Waals surface area contributed by atoms with Crippen molar-refractivity contribution in [1.82, 2.24) is 0 Å². The molecule has 0 amide bonds. The molecule has 0 bridgehead atoms. The van der Waals surface area contributed by atoms with Crippen LogP contribution in [-0.4, -0.2) is 56.0 Å². The maximum Gasteiger partial charge on any atom is 0.306 e. The van der Waals surface area contributed by atoms with Crippen molar-refractivity contribution in [2.75, 3.05) is 27.7 Å². The lowest BCUT2D eigenvalue weighted by Crippen LogP contribution is -2.45. The Hall–Kier alpha value is -1.43. The van der Waals surface area contributed by atoms with E-state index in [9.17, 15) is 19.5 Å². The molecule has 0 aromatic carbocycles. The lowest BCUT2D eigenvalue weighted by atomic mass is 10.1. The zero-order valence-electron chi connectivity index (χ0n) is 14.2. The molecule has 0 N–H and O–H groups in total. The summed E-state index contributed by atoms with van der Waals surface area (Å²) in [6, 6.07) is 0. The van der Waals surface area contributed by atoms with Crippen LogP contribution >= 0.6 is 0 Å². The highest BCUT2D eigenvalue weighted by atomic mass is 16.5. The fraction of sp³-hybridized carbons (Fsp3) is 0.812. The molecule has 0 aliphatic carbocycles. The van der Waals surface area contributed by atoms with Gasteiger partial charge in [-0.05, 0) is 19.8 Å². The number of rotatable bonds is 12. The number of hydrogen-bond donors (Lipinski definition) is 0. The number of carboxylic acids is 1. The number of hydrogen-bond acceptors (Lipinski definition) is 5. The van der Waals surface area contributed by atoms with E-state index in [1.807, 2.05) is 21.1 Å². The molecule has 0 aliphatic rings. The lowest BCUT2D eigenvalue weighted by Gasteiger charge is -2.29. The van der Waals surface area contributed by atoms with Crippen LogP contribution < -0.4 is 5.11 Å². The zero-order valence-corrected chi connectivity index (χ0v) is 14.2. The second-order valence-corrected chi connectivity index (χ2v) is 6.78. The minimum absolute atomic E-state index is 0.185. The van der Waals surface area contributed by atoms with Crippen LogP contribution in [0.25, 0.3) is 0 Å². The molecule has 0 fully saturated rings. The molecule has 0 spiro atoms. The number of likely N-dealkylation sites (N-methyl/N-ethyl adjacent to an activating group) is 1. The number of ether oxygens (including phenoxy) is 1. The summed E-state index contributed by atoms with van der Waals surface area (Å²) >= 11 is 0. The van der Waals surface area contributed by atoms with Crippen LogP contribution in [0.1, 0.15) is 51.9 Å². The first-order valence-corrected chi connectivity index (χ1v) is 7.79. The van der Waals surface area contributed by atoms with Crippen molar-refractivity contribution in [3.8, 4) is 0 Å². The average molecular weight is 315 g/mol. The standard InChI is InChI=1S/C16H29NO5/c1-13(18)9-7-5-6-8-10-16(21)22-14(11-15(19)20)12-17(2,3)4/h14H,5-12H2,1-4H3. The highest BCUT2D eigenvalue weighted by Gasteiger charge is 2.22. The third-order valence-electron chi connectivity index (χ3n) is 3.10. The van der Waals surface area contributed by atoms with Crippen LogP contribution in [0.2, 0.25) is 0 Å². The van der Waals surface area contributed by atoms with Gasteiger partial charge in [0.2, 0.25) is 0 Å². The first kappa shape index (κ1) is 20.6. The first-order valence-electron chi connectivity index (χ1n) is 7.79. The van der Waals surface area contributed by atoms with E-state index in [1.165, 1.54) is 0 Å². The van der Waals surface area contributed by atoms with E-state index < -0.39 is 12.1 Å².